The second-order valence-corrected chi connectivity index (χ2v) is 6.69. The average molecular weight is 322 g/mol. The number of hydrogen-bond donors (Lipinski definition) is 3. The molecule has 8 nitrogen and oxygen atoms in total. The Hall–Kier alpha value is -1.20. The van der Waals surface area contributed by atoms with Crippen LogP contribution in [0.5, 0.6) is 0 Å². The Morgan fingerprint density at radius 3 is 2.65 bits per heavy atom. The molecule has 0 aliphatic rings. The molecule has 0 bridgehead atoms. The third-order valence-corrected chi connectivity index (χ3v) is 4.97. The predicted octanol–water partition coefficient (Wildman–Crippen LogP) is -0.0518. The van der Waals surface area contributed by atoms with Crippen molar-refractivity contribution in [2.75, 3.05) is 19.4 Å². The fourth-order valence-corrected chi connectivity index (χ4v) is 2.96. The molecule has 1 aromatic rings. The SMILES string of the molecule is CNS(=O)(=O)c1ccc(SCC(O)CO)c([N+](=O)[O-])c1. The Kier molecular flexibility index (Phi) is 5.89. The van der Waals surface area contributed by atoms with Crippen LogP contribution in [0.2, 0.25) is 0 Å². The maximum Gasteiger partial charge on any atom is 0.284 e. The van der Waals surface area contributed by atoms with Gasteiger partial charge in [-0.05, 0) is 19.2 Å². The van der Waals surface area contributed by atoms with Crippen molar-refractivity contribution in [2.24, 2.45) is 0 Å². The zero-order valence-corrected chi connectivity index (χ0v) is 12.1. The fraction of sp³-hybridized carbons (Fsp3) is 0.400. The number of benzene rings is 1. The van der Waals surface area contributed by atoms with Gasteiger partial charge in [-0.3, -0.25) is 10.1 Å². The predicted molar refractivity (Wildman–Crippen MR) is 73.2 cm³/mol. The first-order valence-corrected chi connectivity index (χ1v) is 7.92. The van der Waals surface area contributed by atoms with Gasteiger partial charge in [-0.1, -0.05) is 0 Å². The molecular weight excluding hydrogens is 308 g/mol. The molecule has 112 valence electrons. The van der Waals surface area contributed by atoms with Gasteiger partial charge in [0.25, 0.3) is 5.69 Å². The van der Waals surface area contributed by atoms with E-state index in [1.165, 1.54) is 19.2 Å². The summed E-state index contributed by atoms with van der Waals surface area (Å²) in [6, 6.07) is 3.50. The summed E-state index contributed by atoms with van der Waals surface area (Å²) in [4.78, 5) is 10.3. The van der Waals surface area contributed by atoms with Gasteiger partial charge in [-0.15, -0.1) is 11.8 Å². The Morgan fingerprint density at radius 2 is 2.15 bits per heavy atom. The normalized spacial score (nSPS) is 13.2. The molecule has 0 fully saturated rings. The van der Waals surface area contributed by atoms with Crippen molar-refractivity contribution < 1.29 is 23.6 Å². The van der Waals surface area contributed by atoms with E-state index in [-0.39, 0.29) is 21.2 Å². The van der Waals surface area contributed by atoms with Crippen LogP contribution in [0.25, 0.3) is 0 Å². The summed E-state index contributed by atoms with van der Waals surface area (Å²) in [7, 11) is -2.55. The highest BCUT2D eigenvalue weighted by Gasteiger charge is 2.21. The number of sulfonamides is 1. The van der Waals surface area contributed by atoms with Crippen LogP contribution in [0.1, 0.15) is 0 Å². The van der Waals surface area contributed by atoms with Gasteiger partial charge in [-0.25, -0.2) is 13.1 Å². The second-order valence-electron chi connectivity index (χ2n) is 3.74. The van der Waals surface area contributed by atoms with E-state index < -0.39 is 27.7 Å². The van der Waals surface area contributed by atoms with Gasteiger partial charge in [0.15, 0.2) is 0 Å². The van der Waals surface area contributed by atoms with E-state index in [4.69, 9.17) is 5.11 Å². The van der Waals surface area contributed by atoms with Gasteiger partial charge in [0.2, 0.25) is 10.0 Å². The molecule has 0 saturated carbocycles. The molecule has 1 aromatic carbocycles. The van der Waals surface area contributed by atoms with Gasteiger partial charge >= 0.3 is 0 Å². The van der Waals surface area contributed by atoms with Crippen molar-refractivity contribution in [3.05, 3.63) is 28.3 Å². The molecule has 0 saturated heterocycles. The maximum atomic E-state index is 11.6. The van der Waals surface area contributed by atoms with Crippen molar-refractivity contribution in [1.29, 1.82) is 0 Å². The number of nitrogens with zero attached hydrogens (tertiary/aromatic N) is 1. The van der Waals surface area contributed by atoms with Crippen LogP contribution in [-0.4, -0.2) is 49.1 Å². The van der Waals surface area contributed by atoms with Crippen LogP contribution in [0, 0.1) is 10.1 Å². The Balaban J connectivity index is 3.12. The number of nitro benzene ring substituents is 1. The molecule has 0 amide bonds. The van der Waals surface area contributed by atoms with Gasteiger partial charge in [0.1, 0.15) is 0 Å². The number of aliphatic hydroxyl groups excluding tert-OH is 2. The minimum atomic E-state index is -3.76. The molecular formula is C10H14N2O6S2. The average Bonchev–Trinajstić information content (AvgIpc) is 2.44. The second kappa shape index (κ2) is 6.99. The zero-order valence-electron chi connectivity index (χ0n) is 10.5. The number of aliphatic hydroxyl groups is 2. The highest BCUT2D eigenvalue weighted by atomic mass is 32.2. The van der Waals surface area contributed by atoms with E-state index in [0.717, 1.165) is 17.8 Å². The number of rotatable bonds is 7. The van der Waals surface area contributed by atoms with Crippen LogP contribution in [-0.2, 0) is 10.0 Å². The minimum Gasteiger partial charge on any atom is -0.394 e. The smallest absolute Gasteiger partial charge is 0.284 e. The van der Waals surface area contributed by atoms with Gasteiger partial charge < -0.3 is 10.2 Å². The number of thioether (sulfide) groups is 1. The van der Waals surface area contributed by atoms with E-state index in [2.05, 4.69) is 4.72 Å². The largest absolute Gasteiger partial charge is 0.394 e. The van der Waals surface area contributed by atoms with E-state index in [1.54, 1.807) is 0 Å². The van der Waals surface area contributed by atoms with Crippen molar-refractivity contribution >= 4 is 27.5 Å². The summed E-state index contributed by atoms with van der Waals surface area (Å²) in [5, 5.41) is 28.9. The Bertz CT molecular complexity index is 589. The summed E-state index contributed by atoms with van der Waals surface area (Å²) in [5.74, 6) is 0.0649. The highest BCUT2D eigenvalue weighted by Crippen LogP contribution is 2.31. The molecule has 3 N–H and O–H groups in total. The van der Waals surface area contributed by atoms with Crippen molar-refractivity contribution in [2.45, 2.75) is 15.9 Å². The molecule has 1 unspecified atom stereocenters. The highest BCUT2D eigenvalue weighted by molar-refractivity contribution is 7.99. The third kappa shape index (κ3) is 4.15. The van der Waals surface area contributed by atoms with E-state index in [0.29, 0.717) is 0 Å². The zero-order chi connectivity index (χ0) is 15.3. The lowest BCUT2D eigenvalue weighted by atomic mass is 10.3. The first-order valence-electron chi connectivity index (χ1n) is 5.45. The minimum absolute atomic E-state index is 0.0649. The van der Waals surface area contributed by atoms with Crippen LogP contribution in [0.4, 0.5) is 5.69 Å². The first-order chi connectivity index (χ1) is 9.31. The molecule has 0 aliphatic carbocycles. The van der Waals surface area contributed by atoms with Crippen LogP contribution < -0.4 is 4.72 Å². The summed E-state index contributed by atoms with van der Waals surface area (Å²) in [6.45, 7) is -0.451. The molecule has 0 radical (unpaired) electrons. The van der Waals surface area contributed by atoms with Crippen LogP contribution >= 0.6 is 11.8 Å². The molecule has 0 aliphatic heterocycles. The van der Waals surface area contributed by atoms with E-state index in [9.17, 15) is 23.6 Å². The van der Waals surface area contributed by atoms with Crippen molar-refractivity contribution in [3.8, 4) is 0 Å². The van der Waals surface area contributed by atoms with Gasteiger partial charge in [0.05, 0.1) is 27.4 Å². The molecule has 1 rings (SSSR count). The van der Waals surface area contributed by atoms with Gasteiger partial charge in [-0.2, -0.15) is 0 Å². The Labute approximate surface area is 120 Å². The van der Waals surface area contributed by atoms with Gasteiger partial charge in [0, 0.05) is 11.8 Å². The van der Waals surface area contributed by atoms with Crippen molar-refractivity contribution in [3.63, 3.8) is 0 Å². The number of nitrogens with one attached hydrogen (secondary N) is 1. The molecule has 20 heavy (non-hydrogen) atoms. The standard InChI is InChI=1S/C10H14N2O6S2/c1-11-20(17,18)8-2-3-10(9(4-8)12(15)16)19-6-7(14)5-13/h2-4,7,11,13-14H,5-6H2,1H3. The number of hydrogen-bond acceptors (Lipinski definition) is 7. The lowest BCUT2D eigenvalue weighted by Gasteiger charge is -2.08. The topological polar surface area (TPSA) is 130 Å². The quantitative estimate of drug-likeness (QED) is 0.364. The Morgan fingerprint density at radius 1 is 1.50 bits per heavy atom. The van der Waals surface area contributed by atoms with Crippen molar-refractivity contribution in [1.82, 2.24) is 4.72 Å². The van der Waals surface area contributed by atoms with Crippen LogP contribution in [0.3, 0.4) is 0 Å². The molecule has 0 heterocycles. The fourth-order valence-electron chi connectivity index (χ4n) is 1.29. The first kappa shape index (κ1) is 16.9. The summed E-state index contributed by atoms with van der Waals surface area (Å²) in [5.41, 5.74) is -0.364. The molecule has 0 spiro atoms. The summed E-state index contributed by atoms with van der Waals surface area (Å²) in [6.07, 6.45) is -1.000. The van der Waals surface area contributed by atoms with E-state index >= 15 is 0 Å². The third-order valence-electron chi connectivity index (χ3n) is 2.35. The maximum absolute atomic E-state index is 11.6. The number of nitro groups is 1. The molecule has 1 atom stereocenters. The van der Waals surface area contributed by atoms with Crippen LogP contribution in [0.15, 0.2) is 28.0 Å². The molecule has 10 heteroatoms. The summed E-state index contributed by atoms with van der Waals surface area (Å²) < 4.78 is 25.2. The lowest BCUT2D eigenvalue weighted by molar-refractivity contribution is -0.388. The molecule has 0 aromatic heterocycles. The lowest BCUT2D eigenvalue weighted by Crippen LogP contribution is -2.18. The van der Waals surface area contributed by atoms with E-state index in [1.807, 2.05) is 0 Å². The monoisotopic (exact) mass is 322 g/mol. The summed E-state index contributed by atoms with van der Waals surface area (Å²) >= 11 is 0.968.